The predicted octanol–water partition coefficient (Wildman–Crippen LogP) is 10.3. The number of fused-ring (bicyclic) bond motifs is 7. The molecule has 0 radical (unpaired) electrons. The zero-order chi connectivity index (χ0) is 47.1. The fourth-order valence-electron chi connectivity index (χ4n) is 10.1. The molecule has 3 aromatic rings. The van der Waals surface area contributed by atoms with Gasteiger partial charge in [-0.15, -0.1) is 33.5 Å². The zero-order valence-corrected chi connectivity index (χ0v) is 43.0. The number of aliphatic hydroxyl groups excluding tert-OH is 1. The Hall–Kier alpha value is -4.48. The average molecular weight is 910 g/mol. The third kappa shape index (κ3) is 11.8. The third-order valence-electron chi connectivity index (χ3n) is 14.3. The SMILES string of the molecule is CCc1c(C)/c2[n-]/c1=C\c1[n-]c3c(c1C)C(=O)[C@H](C(=O)OC)/C3=C1/[N-]/C(=C\c3[n-]c(c(/C=C\O)c3C)\C=2)[C@@H](C)[C@@H]1CCC(=O)OC/C=C(\C)CCC[C@H](C)CCC[C@H](C)CCCC(C)C.[Mg+2]. The second-order valence-corrected chi connectivity index (χ2v) is 19.5. The smallest absolute Gasteiger partial charge is 0.664 e. The van der Waals surface area contributed by atoms with Crippen LogP contribution in [0.2, 0.25) is 0 Å². The topological polar surface area (TPSA) is 146 Å². The minimum Gasteiger partial charge on any atom is -0.664 e. The number of aliphatic hydroxyl groups is 1. The maximum atomic E-state index is 14.4. The van der Waals surface area contributed by atoms with E-state index in [1.807, 2.05) is 52.0 Å². The van der Waals surface area contributed by atoms with Crippen LogP contribution in [-0.2, 0) is 25.5 Å². The molecule has 352 valence electrons. The van der Waals surface area contributed by atoms with Crippen LogP contribution >= 0.6 is 0 Å². The summed E-state index contributed by atoms with van der Waals surface area (Å²) < 4.78 is 11.0. The summed E-state index contributed by atoms with van der Waals surface area (Å²) in [7, 11) is 1.28. The molecule has 0 spiro atoms. The molecule has 6 rings (SSSR count). The fourth-order valence-corrected chi connectivity index (χ4v) is 10.1. The number of esters is 2. The molecule has 1 saturated heterocycles. The maximum Gasteiger partial charge on any atom is 2.00 e. The number of aromatic nitrogens is 3. The number of hydrogen-bond acceptors (Lipinski definition) is 6. The van der Waals surface area contributed by atoms with Gasteiger partial charge in [-0.3, -0.25) is 14.4 Å². The number of allylic oxidation sites excluding steroid dienone is 3. The van der Waals surface area contributed by atoms with Crippen LogP contribution in [0.15, 0.2) is 29.3 Å². The van der Waals surface area contributed by atoms with Crippen LogP contribution in [0.1, 0.15) is 180 Å². The normalized spacial score (nSPS) is 21.7. The van der Waals surface area contributed by atoms with Crippen molar-refractivity contribution in [1.29, 1.82) is 0 Å². The molecule has 8 bridgehead atoms. The Kier molecular flexibility index (Phi) is 18.7. The number of ether oxygens (including phenoxy) is 2. The molecular formula is C55H72MgN4O6-2. The van der Waals surface area contributed by atoms with Crippen LogP contribution < -0.4 is 25.7 Å². The van der Waals surface area contributed by atoms with E-state index in [2.05, 4.69) is 41.5 Å². The van der Waals surface area contributed by atoms with Crippen molar-refractivity contribution in [2.45, 2.75) is 146 Å². The molecule has 5 atom stereocenters. The second-order valence-electron chi connectivity index (χ2n) is 19.5. The summed E-state index contributed by atoms with van der Waals surface area (Å²) in [6.45, 7) is 21.7. The molecule has 3 aromatic heterocycles. The van der Waals surface area contributed by atoms with Gasteiger partial charge in [-0.25, -0.2) is 0 Å². The van der Waals surface area contributed by atoms with E-state index in [9.17, 15) is 19.5 Å². The Balaban J connectivity index is 0.00000817. The Morgan fingerprint density at radius 1 is 0.833 bits per heavy atom. The Morgan fingerprint density at radius 3 is 2.14 bits per heavy atom. The van der Waals surface area contributed by atoms with Gasteiger partial charge in [-0.05, 0) is 101 Å². The van der Waals surface area contributed by atoms with Gasteiger partial charge in [0, 0.05) is 12.0 Å². The van der Waals surface area contributed by atoms with E-state index in [0.29, 0.717) is 63.2 Å². The summed E-state index contributed by atoms with van der Waals surface area (Å²) in [6, 6.07) is 0. The number of Topliss-reactive ketones (excluding diaryl/α,β-unsaturated/α-hetero) is 1. The van der Waals surface area contributed by atoms with Gasteiger partial charge >= 0.3 is 35.0 Å². The van der Waals surface area contributed by atoms with Gasteiger partial charge < -0.3 is 34.8 Å². The van der Waals surface area contributed by atoms with E-state index in [4.69, 9.17) is 29.7 Å². The average Bonchev–Trinajstić information content (AvgIpc) is 4.00. The van der Waals surface area contributed by atoms with Crippen LogP contribution in [0.4, 0.5) is 0 Å². The Morgan fingerprint density at radius 2 is 1.48 bits per heavy atom. The predicted molar refractivity (Wildman–Crippen MR) is 266 cm³/mol. The number of rotatable bonds is 20. The largest absolute Gasteiger partial charge is 2.00 e. The van der Waals surface area contributed by atoms with Crippen molar-refractivity contribution in [3.05, 3.63) is 101 Å². The van der Waals surface area contributed by atoms with Crippen molar-refractivity contribution >= 4 is 70.7 Å². The van der Waals surface area contributed by atoms with Crippen molar-refractivity contribution < 1.29 is 29.0 Å². The first-order valence-electron chi connectivity index (χ1n) is 24.2. The van der Waals surface area contributed by atoms with E-state index in [1.165, 1.54) is 57.6 Å². The number of nitrogens with zero attached hydrogens (tertiary/aromatic N) is 4. The first-order valence-corrected chi connectivity index (χ1v) is 24.2. The van der Waals surface area contributed by atoms with E-state index in [1.54, 1.807) is 6.08 Å². The molecule has 3 aliphatic rings. The molecule has 1 N–H and O–H groups in total. The molecule has 66 heavy (non-hydrogen) atoms. The van der Waals surface area contributed by atoms with Crippen molar-refractivity contribution in [3.8, 4) is 0 Å². The summed E-state index contributed by atoms with van der Waals surface area (Å²) in [5.41, 5.74) is 9.95. The molecule has 1 aliphatic carbocycles. The summed E-state index contributed by atoms with van der Waals surface area (Å²) in [5.74, 6) is -0.886. The van der Waals surface area contributed by atoms with Gasteiger partial charge in [0.25, 0.3) is 0 Å². The van der Waals surface area contributed by atoms with E-state index < -0.39 is 11.9 Å². The molecule has 0 unspecified atom stereocenters. The van der Waals surface area contributed by atoms with Crippen molar-refractivity contribution in [3.63, 3.8) is 0 Å². The number of hydrogen-bond donors (Lipinski definition) is 1. The Labute approximate surface area is 409 Å². The van der Waals surface area contributed by atoms with Crippen LogP contribution in [0.25, 0.3) is 35.2 Å². The molecule has 0 amide bonds. The molecule has 2 aliphatic heterocycles. The molecule has 5 heterocycles. The molecular weight excluding hydrogens is 837 g/mol. The quantitative estimate of drug-likeness (QED) is 0.0385. The minimum absolute atomic E-state index is 0. The van der Waals surface area contributed by atoms with Gasteiger partial charge in [-0.1, -0.05) is 138 Å². The molecule has 10 nitrogen and oxygen atoms in total. The number of carbonyl (C=O) groups is 3. The van der Waals surface area contributed by atoms with Crippen LogP contribution in [0.3, 0.4) is 0 Å². The monoisotopic (exact) mass is 909 g/mol. The summed E-state index contributed by atoms with van der Waals surface area (Å²) in [4.78, 5) is 56.6. The maximum absolute atomic E-state index is 14.4. The molecule has 0 aromatic carbocycles. The summed E-state index contributed by atoms with van der Waals surface area (Å²) in [5, 5.41) is 16.7. The summed E-state index contributed by atoms with van der Waals surface area (Å²) in [6.07, 6.45) is 22.9. The van der Waals surface area contributed by atoms with Gasteiger partial charge in [0.05, 0.1) is 13.4 Å². The van der Waals surface area contributed by atoms with Gasteiger partial charge in [0.15, 0.2) is 5.78 Å². The molecule has 11 heteroatoms. The second kappa shape index (κ2) is 23.5. The Bertz CT molecular complexity index is 2490. The first-order chi connectivity index (χ1) is 31.1. The van der Waals surface area contributed by atoms with Gasteiger partial charge in [0.1, 0.15) is 12.5 Å². The van der Waals surface area contributed by atoms with Crippen molar-refractivity contribution in [1.82, 2.24) is 15.0 Å². The number of carbonyl (C=O) groups excluding carboxylic acids is 3. The number of methoxy groups -OCH3 is 1. The van der Waals surface area contributed by atoms with E-state index in [0.717, 1.165) is 70.3 Å². The van der Waals surface area contributed by atoms with E-state index >= 15 is 0 Å². The summed E-state index contributed by atoms with van der Waals surface area (Å²) >= 11 is 0. The molecule has 1 fully saturated rings. The van der Waals surface area contributed by atoms with Crippen LogP contribution in [-0.4, -0.2) is 59.6 Å². The van der Waals surface area contributed by atoms with E-state index in [-0.39, 0.29) is 59.7 Å². The third-order valence-corrected chi connectivity index (χ3v) is 14.3. The van der Waals surface area contributed by atoms with Gasteiger partial charge in [0.2, 0.25) is 0 Å². The zero-order valence-electron chi connectivity index (χ0n) is 41.6. The van der Waals surface area contributed by atoms with Crippen molar-refractivity contribution in [2.75, 3.05) is 13.7 Å². The standard InChI is InChI=1S/C55H73N4O6.Mg/c1-12-39-35(7)43-29-47-40(24-26-60)36(8)42(57-47)28-44-37(9)41(52(58-44)50-51(55(63)64-11)54(62)49-38(10)45(59-53(49)50)30-46(39)56-43)22-23-48(61)65-27-25-34(6)21-15-20-33(5)19-14-18-32(4)17-13-16-31(2)3;/h24-26,28-33,37,41,51H,12-23,27H2,1-11H3,(H2-,58,59,60,62);/q-3;+2/p-1/b26-24-,34-25+,43-29-,44-28-,46-30-;/t32-,33-,37+,41+,51-;/m1./s1. The fraction of sp³-hybridized carbons (Fsp3) is 0.545. The van der Waals surface area contributed by atoms with Crippen molar-refractivity contribution in [2.24, 2.45) is 35.5 Å². The minimum atomic E-state index is -1.24. The number of ketones is 1. The van der Waals surface area contributed by atoms with Gasteiger partial charge in [-0.2, -0.15) is 11.4 Å². The van der Waals surface area contributed by atoms with Crippen LogP contribution in [0, 0.1) is 56.3 Å². The first kappa shape index (κ1) is 52.5. The van der Waals surface area contributed by atoms with Crippen LogP contribution in [0.5, 0.6) is 0 Å². The molecule has 0 saturated carbocycles.